The Labute approximate surface area is 166 Å². The number of carbonyl (C=O) groups excluding carboxylic acids is 1. The third kappa shape index (κ3) is 4.67. The molecule has 3 rings (SSSR count). The van der Waals surface area contributed by atoms with Crippen LogP contribution in [0.2, 0.25) is 5.02 Å². The molecule has 3 aromatic rings. The summed E-state index contributed by atoms with van der Waals surface area (Å²) in [4.78, 5) is 20.1. The molecular weight excluding hydrogens is 386 g/mol. The lowest BCUT2D eigenvalue weighted by atomic mass is 10.2. The van der Waals surface area contributed by atoms with Gasteiger partial charge in [0.1, 0.15) is 0 Å². The van der Waals surface area contributed by atoms with Crippen LogP contribution >= 0.6 is 23.4 Å². The van der Waals surface area contributed by atoms with Crippen LogP contribution in [0.5, 0.6) is 11.5 Å². The van der Waals surface area contributed by atoms with Crippen molar-refractivity contribution in [1.82, 2.24) is 15.3 Å². The molecule has 2 N–H and O–H groups in total. The number of hydrogen-bond donors (Lipinski definition) is 2. The summed E-state index contributed by atoms with van der Waals surface area (Å²) in [6.07, 6.45) is 0. The van der Waals surface area contributed by atoms with E-state index in [-0.39, 0.29) is 11.2 Å². The number of halogens is 1. The summed E-state index contributed by atoms with van der Waals surface area (Å²) < 4.78 is 10.5. The fourth-order valence-electron chi connectivity index (χ4n) is 2.56. The lowest BCUT2D eigenvalue weighted by Crippen LogP contribution is -2.30. The molecule has 0 fully saturated rings. The SMILES string of the molecule is COc1ccc(CNC(=O)[C@H](C)Sc2nc3ccc(Cl)cc3[nH]2)cc1OC. The molecule has 0 aliphatic carbocycles. The first-order valence-electron chi connectivity index (χ1n) is 8.30. The molecule has 0 aliphatic heterocycles. The first kappa shape index (κ1) is 19.4. The van der Waals surface area contributed by atoms with E-state index in [1.54, 1.807) is 20.3 Å². The van der Waals surface area contributed by atoms with Gasteiger partial charge in [-0.15, -0.1) is 0 Å². The highest BCUT2D eigenvalue weighted by molar-refractivity contribution is 8.00. The molecule has 1 aromatic heterocycles. The Balaban J connectivity index is 1.60. The van der Waals surface area contributed by atoms with Gasteiger partial charge in [0.25, 0.3) is 0 Å². The number of hydrogen-bond acceptors (Lipinski definition) is 5. The van der Waals surface area contributed by atoms with Gasteiger partial charge in [0.2, 0.25) is 5.91 Å². The summed E-state index contributed by atoms with van der Waals surface area (Å²) in [7, 11) is 3.17. The van der Waals surface area contributed by atoms with E-state index in [1.807, 2.05) is 37.3 Å². The molecule has 142 valence electrons. The first-order valence-corrected chi connectivity index (χ1v) is 9.56. The number of nitrogens with one attached hydrogen (secondary N) is 2. The summed E-state index contributed by atoms with van der Waals surface area (Å²) in [6.45, 7) is 2.24. The molecule has 0 radical (unpaired) electrons. The minimum Gasteiger partial charge on any atom is -0.493 e. The first-order chi connectivity index (χ1) is 13.0. The van der Waals surface area contributed by atoms with Crippen LogP contribution in [-0.2, 0) is 11.3 Å². The number of H-pyrrole nitrogens is 1. The Bertz CT molecular complexity index is 961. The predicted molar refractivity (Wildman–Crippen MR) is 108 cm³/mol. The molecule has 0 unspecified atom stereocenters. The van der Waals surface area contributed by atoms with Crippen LogP contribution in [0.25, 0.3) is 11.0 Å². The summed E-state index contributed by atoms with van der Waals surface area (Å²) in [5, 5.41) is 3.95. The van der Waals surface area contributed by atoms with Gasteiger partial charge in [0.05, 0.1) is 30.5 Å². The van der Waals surface area contributed by atoms with E-state index in [0.29, 0.717) is 28.2 Å². The summed E-state index contributed by atoms with van der Waals surface area (Å²) >= 11 is 7.35. The number of carbonyl (C=O) groups is 1. The van der Waals surface area contributed by atoms with Crippen LogP contribution in [0.4, 0.5) is 0 Å². The van der Waals surface area contributed by atoms with E-state index >= 15 is 0 Å². The maximum atomic E-state index is 12.4. The molecule has 1 atom stereocenters. The molecule has 1 heterocycles. The maximum absolute atomic E-state index is 12.4. The average molecular weight is 406 g/mol. The van der Waals surface area contributed by atoms with E-state index in [1.165, 1.54) is 11.8 Å². The number of fused-ring (bicyclic) bond motifs is 1. The standard InChI is InChI=1S/C19H20ClN3O3S/c1-11(27-19-22-14-6-5-13(20)9-15(14)23-19)18(24)21-10-12-4-7-16(25-2)17(8-12)26-3/h4-9,11H,10H2,1-3H3,(H,21,24)(H,22,23)/t11-/m0/s1. The summed E-state index contributed by atoms with van der Waals surface area (Å²) in [5.41, 5.74) is 2.60. The van der Waals surface area contributed by atoms with Gasteiger partial charge >= 0.3 is 0 Å². The zero-order valence-corrected chi connectivity index (χ0v) is 16.8. The van der Waals surface area contributed by atoms with Crippen LogP contribution < -0.4 is 14.8 Å². The lowest BCUT2D eigenvalue weighted by molar-refractivity contribution is -0.120. The Hall–Kier alpha value is -2.38. The van der Waals surface area contributed by atoms with Gasteiger partial charge in [0, 0.05) is 11.6 Å². The van der Waals surface area contributed by atoms with Crippen LogP contribution in [0.3, 0.4) is 0 Å². The van der Waals surface area contributed by atoms with Crippen molar-refractivity contribution in [3.63, 3.8) is 0 Å². The summed E-state index contributed by atoms with van der Waals surface area (Å²) in [5.74, 6) is 1.21. The molecular formula is C19H20ClN3O3S. The average Bonchev–Trinajstić information content (AvgIpc) is 3.06. The van der Waals surface area contributed by atoms with E-state index in [4.69, 9.17) is 21.1 Å². The van der Waals surface area contributed by atoms with Gasteiger partial charge in [-0.25, -0.2) is 4.98 Å². The second-order valence-corrected chi connectivity index (χ2v) is 7.64. The van der Waals surface area contributed by atoms with Crippen LogP contribution in [0.15, 0.2) is 41.6 Å². The number of thioether (sulfide) groups is 1. The largest absolute Gasteiger partial charge is 0.493 e. The van der Waals surface area contributed by atoms with Crippen molar-refractivity contribution in [3.8, 4) is 11.5 Å². The number of amides is 1. The Morgan fingerprint density at radius 1 is 1.22 bits per heavy atom. The zero-order chi connectivity index (χ0) is 19.4. The van der Waals surface area contributed by atoms with Crippen LogP contribution in [0, 0.1) is 0 Å². The minimum atomic E-state index is -0.304. The van der Waals surface area contributed by atoms with Crippen molar-refractivity contribution in [3.05, 3.63) is 47.0 Å². The van der Waals surface area contributed by atoms with Crippen LogP contribution in [-0.4, -0.2) is 35.3 Å². The number of imidazole rings is 1. The Kier molecular flexibility index (Phi) is 6.13. The van der Waals surface area contributed by atoms with E-state index < -0.39 is 0 Å². The van der Waals surface area contributed by atoms with Gasteiger partial charge in [-0.05, 0) is 42.8 Å². The van der Waals surface area contributed by atoms with Gasteiger partial charge in [-0.1, -0.05) is 29.4 Å². The molecule has 2 aromatic carbocycles. The second-order valence-electron chi connectivity index (χ2n) is 5.87. The monoisotopic (exact) mass is 405 g/mol. The molecule has 0 saturated carbocycles. The number of aromatic amines is 1. The van der Waals surface area contributed by atoms with Crippen LogP contribution in [0.1, 0.15) is 12.5 Å². The molecule has 6 nitrogen and oxygen atoms in total. The number of ether oxygens (including phenoxy) is 2. The number of benzene rings is 2. The van der Waals surface area contributed by atoms with E-state index in [2.05, 4.69) is 15.3 Å². The third-order valence-electron chi connectivity index (χ3n) is 3.99. The maximum Gasteiger partial charge on any atom is 0.233 e. The predicted octanol–water partition coefficient (Wildman–Crippen LogP) is 4.03. The highest BCUT2D eigenvalue weighted by Gasteiger charge is 2.17. The van der Waals surface area contributed by atoms with Crippen molar-refractivity contribution in [2.45, 2.75) is 23.9 Å². The van der Waals surface area contributed by atoms with Crippen molar-refractivity contribution >= 4 is 40.3 Å². The van der Waals surface area contributed by atoms with Gasteiger partial charge in [-0.2, -0.15) is 0 Å². The molecule has 8 heteroatoms. The number of methoxy groups -OCH3 is 2. The highest BCUT2D eigenvalue weighted by Crippen LogP contribution is 2.28. The Morgan fingerprint density at radius 2 is 2.00 bits per heavy atom. The van der Waals surface area contributed by atoms with Crippen molar-refractivity contribution in [1.29, 1.82) is 0 Å². The van der Waals surface area contributed by atoms with Gasteiger partial charge < -0.3 is 19.8 Å². The number of nitrogens with zero attached hydrogens (tertiary/aromatic N) is 1. The summed E-state index contributed by atoms with van der Waals surface area (Å²) in [6, 6.07) is 11.0. The molecule has 1 amide bonds. The minimum absolute atomic E-state index is 0.0757. The number of aromatic nitrogens is 2. The molecule has 0 spiro atoms. The zero-order valence-electron chi connectivity index (χ0n) is 15.2. The van der Waals surface area contributed by atoms with Gasteiger partial charge in [-0.3, -0.25) is 4.79 Å². The Morgan fingerprint density at radius 3 is 2.74 bits per heavy atom. The number of rotatable bonds is 7. The van der Waals surface area contributed by atoms with Crippen molar-refractivity contribution in [2.75, 3.05) is 14.2 Å². The van der Waals surface area contributed by atoms with Crippen molar-refractivity contribution in [2.24, 2.45) is 0 Å². The highest BCUT2D eigenvalue weighted by atomic mass is 35.5. The van der Waals surface area contributed by atoms with Gasteiger partial charge in [0.15, 0.2) is 16.7 Å². The molecule has 0 saturated heterocycles. The van der Waals surface area contributed by atoms with E-state index in [9.17, 15) is 4.79 Å². The topological polar surface area (TPSA) is 76.2 Å². The lowest BCUT2D eigenvalue weighted by Gasteiger charge is -2.12. The molecule has 0 bridgehead atoms. The molecule has 27 heavy (non-hydrogen) atoms. The third-order valence-corrected chi connectivity index (χ3v) is 5.21. The fraction of sp³-hybridized carbons (Fsp3) is 0.263. The normalized spacial score (nSPS) is 12.0. The fourth-order valence-corrected chi connectivity index (χ4v) is 3.58. The smallest absolute Gasteiger partial charge is 0.233 e. The quantitative estimate of drug-likeness (QED) is 0.580. The molecule has 0 aliphatic rings. The second kappa shape index (κ2) is 8.54. The van der Waals surface area contributed by atoms with E-state index in [0.717, 1.165) is 16.6 Å². The van der Waals surface area contributed by atoms with Crippen molar-refractivity contribution < 1.29 is 14.3 Å².